The first-order valence-electron chi connectivity index (χ1n) is 8.11. The highest BCUT2D eigenvalue weighted by Crippen LogP contribution is 2.27. The van der Waals surface area contributed by atoms with Crippen LogP contribution in [0, 0.1) is 6.92 Å². The summed E-state index contributed by atoms with van der Waals surface area (Å²) in [5.74, 6) is -0.920. The topological polar surface area (TPSA) is 128 Å². The predicted octanol–water partition coefficient (Wildman–Crippen LogP) is 1.50. The largest absolute Gasteiger partial charge is 0.463 e. The Labute approximate surface area is 152 Å². The highest BCUT2D eigenvalue weighted by Gasteiger charge is 2.28. The number of aryl methyl sites for hydroxylation is 1. The van der Waals surface area contributed by atoms with Gasteiger partial charge >= 0.3 is 12.0 Å². The zero-order valence-electron chi connectivity index (χ0n) is 14.2. The van der Waals surface area contributed by atoms with Gasteiger partial charge in [-0.1, -0.05) is 5.16 Å². The number of urea groups is 1. The first-order chi connectivity index (χ1) is 13.0. The summed E-state index contributed by atoms with van der Waals surface area (Å²) in [6.07, 6.45) is 1.48. The Bertz CT molecular complexity index is 1040. The molecule has 4 heterocycles. The van der Waals surface area contributed by atoms with E-state index in [1.165, 1.54) is 12.3 Å². The molecule has 3 aromatic heterocycles. The maximum Gasteiger partial charge on any atom is 0.339 e. The van der Waals surface area contributed by atoms with Gasteiger partial charge in [0, 0.05) is 13.1 Å². The van der Waals surface area contributed by atoms with Gasteiger partial charge in [-0.2, -0.15) is 0 Å². The van der Waals surface area contributed by atoms with Crippen LogP contribution in [0.1, 0.15) is 16.1 Å². The second-order valence-corrected chi connectivity index (χ2v) is 5.83. The Hall–Kier alpha value is -3.69. The van der Waals surface area contributed by atoms with Gasteiger partial charge in [-0.15, -0.1) is 0 Å². The van der Waals surface area contributed by atoms with Crippen molar-refractivity contribution >= 4 is 29.0 Å². The number of imide groups is 1. The summed E-state index contributed by atoms with van der Waals surface area (Å²) in [5, 5.41) is 6.72. The molecule has 1 aliphatic rings. The van der Waals surface area contributed by atoms with Gasteiger partial charge in [0.25, 0.3) is 11.6 Å². The number of aromatic nitrogens is 2. The zero-order valence-corrected chi connectivity index (χ0v) is 14.2. The molecule has 10 nitrogen and oxygen atoms in total. The van der Waals surface area contributed by atoms with Gasteiger partial charge in [0.15, 0.2) is 12.4 Å². The Morgan fingerprint density at radius 2 is 2.26 bits per heavy atom. The van der Waals surface area contributed by atoms with Crippen LogP contribution in [0.4, 0.5) is 4.79 Å². The number of amides is 3. The SMILES string of the molecule is Cc1noc2nc(-c3ccco3)cc(C(=O)OCC(=O)N3CCNC3=O)c12. The van der Waals surface area contributed by atoms with Crippen LogP contribution in [0.5, 0.6) is 0 Å². The van der Waals surface area contributed by atoms with Crippen molar-refractivity contribution in [1.82, 2.24) is 20.4 Å². The van der Waals surface area contributed by atoms with Gasteiger partial charge in [-0.05, 0) is 25.1 Å². The number of rotatable bonds is 4. The molecule has 0 radical (unpaired) electrons. The van der Waals surface area contributed by atoms with Gasteiger partial charge < -0.3 is 19.0 Å². The van der Waals surface area contributed by atoms with Gasteiger partial charge in [0.05, 0.1) is 22.9 Å². The number of carbonyl (C=O) groups excluding carboxylic acids is 3. The monoisotopic (exact) mass is 370 g/mol. The van der Waals surface area contributed by atoms with Crippen molar-refractivity contribution < 1.29 is 28.1 Å². The Morgan fingerprint density at radius 3 is 2.96 bits per heavy atom. The molecule has 0 bridgehead atoms. The van der Waals surface area contributed by atoms with E-state index in [4.69, 9.17) is 13.7 Å². The predicted molar refractivity (Wildman–Crippen MR) is 89.6 cm³/mol. The second kappa shape index (κ2) is 6.56. The maximum absolute atomic E-state index is 12.6. The lowest BCUT2D eigenvalue weighted by Gasteiger charge is -2.12. The molecule has 1 saturated heterocycles. The van der Waals surface area contributed by atoms with Crippen LogP contribution in [0.2, 0.25) is 0 Å². The summed E-state index contributed by atoms with van der Waals surface area (Å²) < 4.78 is 15.6. The van der Waals surface area contributed by atoms with Crippen LogP contribution in [-0.4, -0.2) is 52.6 Å². The van der Waals surface area contributed by atoms with E-state index >= 15 is 0 Å². The van der Waals surface area contributed by atoms with Crippen LogP contribution in [-0.2, 0) is 9.53 Å². The fourth-order valence-electron chi connectivity index (χ4n) is 2.80. The molecule has 0 aromatic carbocycles. The molecule has 1 aliphatic heterocycles. The van der Waals surface area contributed by atoms with E-state index in [0.29, 0.717) is 29.1 Å². The van der Waals surface area contributed by atoms with Gasteiger partial charge in [0.2, 0.25) is 0 Å². The minimum absolute atomic E-state index is 0.142. The third-order valence-electron chi connectivity index (χ3n) is 4.10. The Morgan fingerprint density at radius 1 is 1.41 bits per heavy atom. The normalized spacial score (nSPS) is 13.8. The van der Waals surface area contributed by atoms with Crippen LogP contribution < -0.4 is 5.32 Å². The molecule has 1 N–H and O–H groups in total. The molecule has 0 atom stereocenters. The number of furan rings is 1. The van der Waals surface area contributed by atoms with E-state index in [1.807, 2.05) is 0 Å². The first kappa shape index (κ1) is 16.8. The van der Waals surface area contributed by atoms with E-state index in [-0.39, 0.29) is 17.8 Å². The van der Waals surface area contributed by atoms with Crippen molar-refractivity contribution in [2.24, 2.45) is 0 Å². The fraction of sp³-hybridized carbons (Fsp3) is 0.235. The fourth-order valence-corrected chi connectivity index (χ4v) is 2.80. The molecule has 10 heteroatoms. The number of hydrogen-bond donors (Lipinski definition) is 1. The molecule has 3 aromatic rings. The van der Waals surface area contributed by atoms with E-state index < -0.39 is 24.5 Å². The number of esters is 1. The van der Waals surface area contributed by atoms with Crippen molar-refractivity contribution in [3.8, 4) is 11.5 Å². The molecule has 0 saturated carbocycles. The molecule has 4 rings (SSSR count). The number of ether oxygens (including phenoxy) is 1. The summed E-state index contributed by atoms with van der Waals surface area (Å²) in [4.78, 5) is 41.5. The van der Waals surface area contributed by atoms with Crippen LogP contribution in [0.25, 0.3) is 22.6 Å². The van der Waals surface area contributed by atoms with Gasteiger partial charge in [-0.3, -0.25) is 9.69 Å². The average molecular weight is 370 g/mol. The Kier molecular flexibility index (Phi) is 4.07. The second-order valence-electron chi connectivity index (χ2n) is 5.83. The lowest BCUT2D eigenvalue weighted by molar-refractivity contribution is -0.130. The highest BCUT2D eigenvalue weighted by atomic mass is 16.5. The zero-order chi connectivity index (χ0) is 19.0. The molecular weight excluding hydrogens is 356 g/mol. The molecule has 0 unspecified atom stereocenters. The molecule has 0 aliphatic carbocycles. The molecular formula is C17H14N4O6. The van der Waals surface area contributed by atoms with E-state index in [2.05, 4.69) is 15.5 Å². The lowest BCUT2D eigenvalue weighted by Crippen LogP contribution is -2.37. The summed E-state index contributed by atoms with van der Waals surface area (Å²) in [6.45, 7) is 1.71. The van der Waals surface area contributed by atoms with Crippen molar-refractivity contribution in [3.05, 3.63) is 35.7 Å². The lowest BCUT2D eigenvalue weighted by atomic mass is 10.1. The van der Waals surface area contributed by atoms with Crippen molar-refractivity contribution in [2.75, 3.05) is 19.7 Å². The smallest absolute Gasteiger partial charge is 0.339 e. The molecule has 0 spiro atoms. The van der Waals surface area contributed by atoms with Crippen LogP contribution in [0.15, 0.2) is 33.4 Å². The maximum atomic E-state index is 12.6. The summed E-state index contributed by atoms with van der Waals surface area (Å²) in [5.41, 5.74) is 1.11. The number of nitrogens with zero attached hydrogens (tertiary/aromatic N) is 3. The molecule has 27 heavy (non-hydrogen) atoms. The van der Waals surface area contributed by atoms with E-state index in [0.717, 1.165) is 4.90 Å². The van der Waals surface area contributed by atoms with E-state index in [9.17, 15) is 14.4 Å². The average Bonchev–Trinajstić information content (AvgIpc) is 3.40. The number of hydrogen-bond acceptors (Lipinski definition) is 8. The first-order valence-corrected chi connectivity index (χ1v) is 8.11. The Balaban J connectivity index is 1.61. The quantitative estimate of drug-likeness (QED) is 0.684. The standard InChI is InChI=1S/C17H14N4O6/c1-9-14-10(16(23)26-8-13(22)21-5-4-18-17(21)24)7-11(12-3-2-6-25-12)19-15(14)27-20-9/h2-3,6-7H,4-5,8H2,1H3,(H,18,24). The number of carbonyl (C=O) groups is 3. The van der Waals surface area contributed by atoms with Crippen LogP contribution >= 0.6 is 0 Å². The number of nitrogens with one attached hydrogen (secondary N) is 1. The van der Waals surface area contributed by atoms with E-state index in [1.54, 1.807) is 19.1 Å². The number of fused-ring (bicyclic) bond motifs is 1. The molecule has 138 valence electrons. The molecule has 3 amide bonds. The van der Waals surface area contributed by atoms with Crippen molar-refractivity contribution in [2.45, 2.75) is 6.92 Å². The minimum Gasteiger partial charge on any atom is -0.463 e. The van der Waals surface area contributed by atoms with Crippen molar-refractivity contribution in [3.63, 3.8) is 0 Å². The summed E-state index contributed by atoms with van der Waals surface area (Å²) >= 11 is 0. The van der Waals surface area contributed by atoms with Crippen molar-refractivity contribution in [1.29, 1.82) is 0 Å². The minimum atomic E-state index is -0.755. The summed E-state index contributed by atoms with van der Waals surface area (Å²) in [7, 11) is 0. The number of pyridine rings is 1. The van der Waals surface area contributed by atoms with Gasteiger partial charge in [-0.25, -0.2) is 14.6 Å². The molecule has 1 fully saturated rings. The van der Waals surface area contributed by atoms with Gasteiger partial charge in [0.1, 0.15) is 5.69 Å². The summed E-state index contributed by atoms with van der Waals surface area (Å²) in [6, 6.07) is 4.35. The third-order valence-corrected chi connectivity index (χ3v) is 4.10. The highest BCUT2D eigenvalue weighted by molar-refractivity contribution is 6.05. The third kappa shape index (κ3) is 3.01. The van der Waals surface area contributed by atoms with Crippen LogP contribution in [0.3, 0.4) is 0 Å².